The van der Waals surface area contributed by atoms with Gasteiger partial charge >= 0.3 is 5.97 Å². The van der Waals surface area contributed by atoms with Crippen molar-refractivity contribution in [3.8, 4) is 0 Å². The number of carbonyl (C=O) groups is 2. The van der Waals surface area contributed by atoms with Crippen LogP contribution in [0.5, 0.6) is 0 Å². The molecule has 0 unspecified atom stereocenters. The molecule has 0 aliphatic carbocycles. The summed E-state index contributed by atoms with van der Waals surface area (Å²) in [5.41, 5.74) is 1.42. The van der Waals surface area contributed by atoms with Gasteiger partial charge in [0.1, 0.15) is 0 Å². The number of carboxylic acid groups (broad SMARTS) is 1. The summed E-state index contributed by atoms with van der Waals surface area (Å²) in [5.74, 6) is -1.17. The Morgan fingerprint density at radius 3 is 2.86 bits per heavy atom. The molecule has 2 rings (SSSR count). The molecule has 1 aliphatic rings. The van der Waals surface area contributed by atoms with Crippen LogP contribution in [0.2, 0.25) is 0 Å². The van der Waals surface area contributed by atoms with Gasteiger partial charge in [-0.15, -0.1) is 0 Å². The smallest absolute Gasteiger partial charge is 0.335 e. The molecule has 14 heavy (non-hydrogen) atoms. The first-order valence-electron chi connectivity index (χ1n) is 4.08. The number of aromatic carboxylic acids is 1. The minimum absolute atomic E-state index is 0.160. The van der Waals surface area contributed by atoms with E-state index in [4.69, 9.17) is 5.11 Å². The largest absolute Gasteiger partial charge is 0.478 e. The van der Waals surface area contributed by atoms with E-state index in [0.29, 0.717) is 5.69 Å². The zero-order valence-electron chi connectivity index (χ0n) is 7.20. The van der Waals surface area contributed by atoms with Crippen LogP contribution in [0.25, 0.3) is 0 Å². The minimum Gasteiger partial charge on any atom is -0.478 e. The molecule has 0 saturated carbocycles. The first kappa shape index (κ1) is 8.55. The van der Waals surface area contributed by atoms with Crippen molar-refractivity contribution in [3.63, 3.8) is 0 Å². The Labute approximate surface area is 79.7 Å². The van der Waals surface area contributed by atoms with E-state index >= 15 is 0 Å². The third kappa shape index (κ3) is 1.39. The summed E-state index contributed by atoms with van der Waals surface area (Å²) in [6.07, 6.45) is 0. The predicted molar refractivity (Wildman–Crippen MR) is 50.5 cm³/mol. The highest BCUT2D eigenvalue weighted by molar-refractivity contribution is 6.02. The molecule has 0 radical (unpaired) electrons. The van der Waals surface area contributed by atoms with Crippen molar-refractivity contribution in [2.75, 3.05) is 17.2 Å². The summed E-state index contributed by atoms with van der Waals surface area (Å²) in [6, 6.07) is 4.56. The number of fused-ring (bicyclic) bond motifs is 1. The van der Waals surface area contributed by atoms with E-state index in [9.17, 15) is 9.59 Å². The lowest BCUT2D eigenvalue weighted by Gasteiger charge is -2.18. The Kier molecular flexibility index (Phi) is 1.85. The van der Waals surface area contributed by atoms with Crippen LogP contribution >= 0.6 is 0 Å². The molecule has 72 valence electrons. The number of anilines is 2. The molecule has 0 saturated heterocycles. The lowest BCUT2D eigenvalue weighted by molar-refractivity contribution is -0.114. The molecule has 5 nitrogen and oxygen atoms in total. The van der Waals surface area contributed by atoms with Crippen molar-refractivity contribution < 1.29 is 14.7 Å². The number of amides is 1. The van der Waals surface area contributed by atoms with Crippen molar-refractivity contribution in [2.45, 2.75) is 0 Å². The van der Waals surface area contributed by atoms with Crippen LogP contribution in [0.4, 0.5) is 11.4 Å². The van der Waals surface area contributed by atoms with E-state index in [1.165, 1.54) is 12.1 Å². The molecule has 0 aromatic heterocycles. The van der Waals surface area contributed by atoms with Crippen LogP contribution < -0.4 is 10.6 Å². The SMILES string of the molecule is O=C1CNc2ccc(C(=O)O)cc2N1. The molecule has 1 heterocycles. The number of rotatable bonds is 1. The summed E-state index contributed by atoms with van der Waals surface area (Å²) in [5, 5.41) is 14.2. The fraction of sp³-hybridized carbons (Fsp3) is 0.111. The van der Waals surface area contributed by atoms with Gasteiger partial charge in [0.05, 0.1) is 23.5 Å². The van der Waals surface area contributed by atoms with Gasteiger partial charge in [0.2, 0.25) is 5.91 Å². The van der Waals surface area contributed by atoms with E-state index < -0.39 is 5.97 Å². The van der Waals surface area contributed by atoms with Gasteiger partial charge in [0.25, 0.3) is 0 Å². The van der Waals surface area contributed by atoms with Crippen molar-refractivity contribution in [1.29, 1.82) is 0 Å². The molecular weight excluding hydrogens is 184 g/mol. The monoisotopic (exact) mass is 192 g/mol. The highest BCUT2D eigenvalue weighted by Gasteiger charge is 2.15. The van der Waals surface area contributed by atoms with Crippen LogP contribution in [-0.2, 0) is 4.79 Å². The maximum absolute atomic E-state index is 11.0. The van der Waals surface area contributed by atoms with Gasteiger partial charge in [-0.2, -0.15) is 0 Å². The van der Waals surface area contributed by atoms with Crippen LogP contribution in [0.3, 0.4) is 0 Å². The van der Waals surface area contributed by atoms with E-state index in [0.717, 1.165) is 5.69 Å². The number of carbonyl (C=O) groups excluding carboxylic acids is 1. The fourth-order valence-corrected chi connectivity index (χ4v) is 1.30. The van der Waals surface area contributed by atoms with Gasteiger partial charge in [-0.1, -0.05) is 0 Å². The Morgan fingerprint density at radius 2 is 2.14 bits per heavy atom. The van der Waals surface area contributed by atoms with E-state index in [1.54, 1.807) is 6.07 Å². The molecule has 0 fully saturated rings. The van der Waals surface area contributed by atoms with E-state index in [2.05, 4.69) is 10.6 Å². The molecule has 1 aromatic carbocycles. The van der Waals surface area contributed by atoms with Gasteiger partial charge in [-0.25, -0.2) is 4.79 Å². The van der Waals surface area contributed by atoms with Crippen molar-refractivity contribution >= 4 is 23.3 Å². The average Bonchev–Trinajstić information content (AvgIpc) is 2.16. The first-order chi connectivity index (χ1) is 6.66. The maximum Gasteiger partial charge on any atom is 0.335 e. The molecule has 0 bridgehead atoms. The molecule has 0 atom stereocenters. The summed E-state index contributed by atoms with van der Waals surface area (Å²) >= 11 is 0. The maximum atomic E-state index is 11.0. The van der Waals surface area contributed by atoms with Crippen LogP contribution in [0, 0.1) is 0 Å². The Hall–Kier alpha value is -2.04. The molecule has 1 aromatic rings. The number of nitrogens with one attached hydrogen (secondary N) is 2. The highest BCUT2D eigenvalue weighted by Crippen LogP contribution is 2.25. The number of benzene rings is 1. The Bertz CT molecular complexity index is 415. The van der Waals surface area contributed by atoms with Crippen molar-refractivity contribution in [2.24, 2.45) is 0 Å². The summed E-state index contributed by atoms with van der Waals surface area (Å²) in [7, 11) is 0. The van der Waals surface area contributed by atoms with Gasteiger partial charge < -0.3 is 15.7 Å². The van der Waals surface area contributed by atoms with Gasteiger partial charge in [-0.3, -0.25) is 4.79 Å². The molecule has 5 heteroatoms. The van der Waals surface area contributed by atoms with Crippen molar-refractivity contribution in [1.82, 2.24) is 0 Å². The standard InChI is InChI=1S/C9H8N2O3/c12-8-4-10-6-2-1-5(9(13)14)3-7(6)11-8/h1-3,10H,4H2,(H,11,12)(H,13,14). The molecule has 1 amide bonds. The zero-order valence-corrected chi connectivity index (χ0v) is 7.20. The zero-order chi connectivity index (χ0) is 10.1. The number of carboxylic acids is 1. The van der Waals surface area contributed by atoms with Crippen LogP contribution in [0.15, 0.2) is 18.2 Å². The van der Waals surface area contributed by atoms with Crippen molar-refractivity contribution in [3.05, 3.63) is 23.8 Å². The second kappa shape index (κ2) is 3.02. The second-order valence-corrected chi connectivity index (χ2v) is 2.97. The third-order valence-electron chi connectivity index (χ3n) is 1.98. The average molecular weight is 192 g/mol. The quantitative estimate of drug-likeness (QED) is 0.613. The topological polar surface area (TPSA) is 78.4 Å². The Balaban J connectivity index is 2.42. The third-order valence-corrected chi connectivity index (χ3v) is 1.98. The van der Waals surface area contributed by atoms with Crippen LogP contribution in [-0.4, -0.2) is 23.5 Å². The molecular formula is C9H8N2O3. The normalized spacial score (nSPS) is 13.9. The van der Waals surface area contributed by atoms with Gasteiger partial charge in [0.15, 0.2) is 0 Å². The molecule has 3 N–H and O–H groups in total. The highest BCUT2D eigenvalue weighted by atomic mass is 16.4. The Morgan fingerprint density at radius 1 is 1.36 bits per heavy atom. The lowest BCUT2D eigenvalue weighted by Crippen LogP contribution is -2.27. The van der Waals surface area contributed by atoms with Gasteiger partial charge in [-0.05, 0) is 18.2 Å². The first-order valence-corrected chi connectivity index (χ1v) is 4.08. The summed E-state index contributed by atoms with van der Waals surface area (Å²) < 4.78 is 0. The summed E-state index contributed by atoms with van der Waals surface area (Å²) in [6.45, 7) is 0.222. The number of hydrogen-bond acceptors (Lipinski definition) is 3. The molecule has 0 spiro atoms. The minimum atomic E-state index is -1.01. The number of hydrogen-bond donors (Lipinski definition) is 3. The predicted octanol–water partition coefficient (Wildman–Crippen LogP) is 0.749. The van der Waals surface area contributed by atoms with E-state index in [-0.39, 0.29) is 18.0 Å². The fourth-order valence-electron chi connectivity index (χ4n) is 1.30. The van der Waals surface area contributed by atoms with Crippen LogP contribution in [0.1, 0.15) is 10.4 Å². The second-order valence-electron chi connectivity index (χ2n) is 2.97. The lowest BCUT2D eigenvalue weighted by atomic mass is 10.1. The summed E-state index contributed by atoms with van der Waals surface area (Å²) in [4.78, 5) is 21.6. The molecule has 1 aliphatic heterocycles. The van der Waals surface area contributed by atoms with Gasteiger partial charge in [0, 0.05) is 0 Å². The van der Waals surface area contributed by atoms with E-state index in [1.807, 2.05) is 0 Å².